The van der Waals surface area contributed by atoms with E-state index < -0.39 is 0 Å². The molecule has 0 amide bonds. The van der Waals surface area contributed by atoms with Crippen LogP contribution in [0.3, 0.4) is 0 Å². The molecule has 0 saturated heterocycles. The molecule has 0 aliphatic heterocycles. The Labute approximate surface area is 71.9 Å². The molecular formula is C12H5-. The molecule has 0 rings (SSSR count). The molecule has 0 spiro atoms. The van der Waals surface area contributed by atoms with Crippen molar-refractivity contribution in [3.8, 4) is 0 Å². The van der Waals surface area contributed by atoms with E-state index in [1.54, 1.807) is 6.08 Å². The van der Waals surface area contributed by atoms with Crippen LogP contribution in [0, 0.1) is 6.58 Å². The van der Waals surface area contributed by atoms with Crippen molar-refractivity contribution in [1.29, 1.82) is 0 Å². The van der Waals surface area contributed by atoms with Crippen LogP contribution in [-0.2, 0) is 0 Å². The van der Waals surface area contributed by atoms with Crippen LogP contribution in [0.2, 0.25) is 0 Å². The van der Waals surface area contributed by atoms with Crippen molar-refractivity contribution in [3.63, 3.8) is 0 Å². The summed E-state index contributed by atoms with van der Waals surface area (Å²) in [5.74, 6) is 0. The van der Waals surface area contributed by atoms with Gasteiger partial charge >= 0.3 is 0 Å². The van der Waals surface area contributed by atoms with Crippen LogP contribution in [0.25, 0.3) is 0 Å². The van der Waals surface area contributed by atoms with E-state index in [4.69, 9.17) is 6.58 Å². The minimum absolute atomic E-state index is 1.71. The molecule has 0 aromatic heterocycles. The molecule has 0 N–H and O–H groups in total. The summed E-state index contributed by atoms with van der Waals surface area (Å²) >= 11 is 0. The lowest BCUT2D eigenvalue weighted by atomic mass is 10.6. The molecule has 0 heterocycles. The lowest BCUT2D eigenvalue weighted by Crippen LogP contribution is -1.25. The largest absolute Gasteiger partial charge is 0.295 e. The molecule has 0 nitrogen and oxygen atoms in total. The summed E-state index contributed by atoms with van der Waals surface area (Å²) in [6.45, 7) is 6.69. The molecule has 0 aliphatic carbocycles. The smallest absolute Gasteiger partial charge is 0.0000800 e. The van der Waals surface area contributed by atoms with E-state index in [1.165, 1.54) is 0 Å². The van der Waals surface area contributed by atoms with E-state index in [9.17, 15) is 0 Å². The van der Waals surface area contributed by atoms with Gasteiger partial charge in [-0.2, -0.15) is 0 Å². The van der Waals surface area contributed by atoms with Gasteiger partial charge in [0.15, 0.2) is 0 Å². The van der Waals surface area contributed by atoms with E-state index in [-0.39, 0.29) is 0 Å². The van der Waals surface area contributed by atoms with E-state index in [0.29, 0.717) is 0 Å². The Morgan fingerprint density at radius 1 is 0.833 bits per heavy atom. The van der Waals surface area contributed by atoms with Crippen molar-refractivity contribution in [2.75, 3.05) is 0 Å². The van der Waals surface area contributed by atoms with E-state index in [1.807, 2.05) is 6.92 Å². The van der Waals surface area contributed by atoms with Gasteiger partial charge in [-0.3, -0.25) is 5.73 Å². The van der Waals surface area contributed by atoms with Crippen molar-refractivity contribution >= 4 is 0 Å². The molecule has 0 fully saturated rings. The van der Waals surface area contributed by atoms with Crippen molar-refractivity contribution in [1.82, 2.24) is 0 Å². The molecular weight excluding hydrogens is 144 g/mol. The first-order chi connectivity index (χ1) is 5.91. The van der Waals surface area contributed by atoms with Crippen LogP contribution in [0.15, 0.2) is 57.7 Å². The minimum atomic E-state index is 1.71. The zero-order chi connectivity index (χ0) is 9.07. The summed E-state index contributed by atoms with van der Waals surface area (Å²) in [6, 6.07) is 0. The topological polar surface area (TPSA) is 0 Å². The molecule has 0 atom stereocenters. The van der Waals surface area contributed by atoms with E-state index in [2.05, 4.69) is 51.6 Å². The molecule has 0 aliphatic rings. The van der Waals surface area contributed by atoms with Gasteiger partial charge in [0.2, 0.25) is 0 Å². The van der Waals surface area contributed by atoms with E-state index >= 15 is 0 Å². The molecule has 0 heteroatoms. The van der Waals surface area contributed by atoms with Gasteiger partial charge in [0.1, 0.15) is 0 Å². The minimum Gasteiger partial charge on any atom is -0.295 e. The predicted molar refractivity (Wildman–Crippen MR) is 46.2 cm³/mol. The summed E-state index contributed by atoms with van der Waals surface area (Å²) in [5, 5.41) is 0. The highest BCUT2D eigenvalue weighted by Crippen LogP contribution is 1.56. The monoisotopic (exact) mass is 149 g/mol. The summed E-state index contributed by atoms with van der Waals surface area (Å²) in [4.78, 5) is 0. The number of allylic oxidation sites excluding steroid dienone is 1. The maximum Gasteiger partial charge on any atom is -0.0000800 e. The SMILES string of the molecule is [CH-]=C=C=C=C=C=C=C=C=C=CC. The third-order valence-electron chi connectivity index (χ3n) is 0.664. The number of hydrogen-bond acceptors (Lipinski definition) is 0. The second-order valence-corrected chi connectivity index (χ2v) is 1.45. The van der Waals surface area contributed by atoms with Gasteiger partial charge in [0.25, 0.3) is 0 Å². The Bertz CT molecular complexity index is 462. The lowest BCUT2D eigenvalue weighted by molar-refractivity contribution is 1.78. The summed E-state index contributed by atoms with van der Waals surface area (Å²) in [6.07, 6.45) is 1.71. The molecule has 0 saturated carbocycles. The van der Waals surface area contributed by atoms with Gasteiger partial charge in [-0.05, 0) is 41.7 Å². The quantitative estimate of drug-likeness (QED) is 0.366. The van der Waals surface area contributed by atoms with Crippen molar-refractivity contribution < 1.29 is 0 Å². The standard InChI is InChI=1S/C12H5/c1-3-5-7-9-11-12-10-8-6-4-2/h1,4H,2H3/q-1. The van der Waals surface area contributed by atoms with Gasteiger partial charge in [0, 0.05) is 0 Å². The first-order valence-electron chi connectivity index (χ1n) is 3.15. The van der Waals surface area contributed by atoms with Crippen LogP contribution in [0.4, 0.5) is 0 Å². The Balaban J connectivity index is 5.31. The molecule has 0 unspecified atom stereocenters. The second kappa shape index (κ2) is 8.76. The fourth-order valence-electron chi connectivity index (χ4n) is 0.301. The normalized spacial score (nSPS) is 4.08. The van der Waals surface area contributed by atoms with Crippen LogP contribution < -0.4 is 0 Å². The molecule has 0 bridgehead atoms. The van der Waals surface area contributed by atoms with Crippen LogP contribution in [0.1, 0.15) is 6.92 Å². The van der Waals surface area contributed by atoms with Crippen LogP contribution in [0.5, 0.6) is 0 Å². The summed E-state index contributed by atoms with van der Waals surface area (Å²) < 4.78 is 0. The molecule has 0 radical (unpaired) electrons. The molecule has 54 valence electrons. The van der Waals surface area contributed by atoms with Gasteiger partial charge in [-0.15, -0.1) is 5.73 Å². The van der Waals surface area contributed by atoms with Crippen molar-refractivity contribution in [3.05, 3.63) is 64.2 Å². The molecule has 0 aromatic rings. The maximum atomic E-state index is 4.86. The zero-order valence-corrected chi connectivity index (χ0v) is 6.65. The lowest BCUT2D eigenvalue weighted by Gasteiger charge is -1.48. The second-order valence-electron chi connectivity index (χ2n) is 1.45. The van der Waals surface area contributed by atoms with Gasteiger partial charge in [-0.25, -0.2) is 12.3 Å². The first-order valence-corrected chi connectivity index (χ1v) is 3.15. The summed E-state index contributed by atoms with van der Waals surface area (Å²) in [5.41, 5.74) is 22.1. The highest BCUT2D eigenvalue weighted by Gasteiger charge is 1.38. The third kappa shape index (κ3) is 7.76. The fourth-order valence-corrected chi connectivity index (χ4v) is 0.301. The van der Waals surface area contributed by atoms with Gasteiger partial charge in [-0.1, -0.05) is 5.73 Å². The summed E-state index contributed by atoms with van der Waals surface area (Å²) in [7, 11) is 0. The maximum absolute atomic E-state index is 4.86. The third-order valence-corrected chi connectivity index (χ3v) is 0.664. The molecule has 0 aromatic carbocycles. The van der Waals surface area contributed by atoms with Crippen LogP contribution >= 0.6 is 0 Å². The van der Waals surface area contributed by atoms with Crippen LogP contribution in [-0.4, -0.2) is 0 Å². The van der Waals surface area contributed by atoms with E-state index in [0.717, 1.165) is 0 Å². The average molecular weight is 149 g/mol. The average Bonchev–Trinajstić information content (AvgIpc) is 2.10. The first kappa shape index (κ1) is 9.76. The Hall–Kier alpha value is -2.24. The number of rotatable bonds is 0. The van der Waals surface area contributed by atoms with Gasteiger partial charge < -0.3 is 0 Å². The molecule has 12 heavy (non-hydrogen) atoms. The highest BCUT2D eigenvalue weighted by atomic mass is 13.4. The Morgan fingerprint density at radius 3 is 1.83 bits per heavy atom. The number of hydrogen-bond donors (Lipinski definition) is 0. The van der Waals surface area contributed by atoms with Gasteiger partial charge in [0.05, 0.1) is 0 Å². The predicted octanol–water partition coefficient (Wildman–Crippen LogP) is 2.39. The highest BCUT2D eigenvalue weighted by molar-refractivity contribution is 4.89. The fraction of sp³-hybridized carbons (Fsp3) is 0.0833. The van der Waals surface area contributed by atoms with Crippen molar-refractivity contribution in [2.24, 2.45) is 0 Å². The Morgan fingerprint density at radius 2 is 1.33 bits per heavy atom. The van der Waals surface area contributed by atoms with Crippen molar-refractivity contribution in [2.45, 2.75) is 6.92 Å². The Kier molecular flexibility index (Phi) is 7.12. The zero-order valence-electron chi connectivity index (χ0n) is 6.65.